The lowest BCUT2D eigenvalue weighted by molar-refractivity contribution is -0.137. The van der Waals surface area contributed by atoms with Crippen molar-refractivity contribution in [2.45, 2.75) is 19.3 Å². The van der Waals surface area contributed by atoms with Crippen LogP contribution < -0.4 is 4.74 Å². The van der Waals surface area contributed by atoms with Gasteiger partial charge in [-0.1, -0.05) is 78.9 Å². The fourth-order valence-electron chi connectivity index (χ4n) is 4.96. The van der Waals surface area contributed by atoms with Crippen molar-refractivity contribution in [3.05, 3.63) is 102 Å². The van der Waals surface area contributed by atoms with Crippen LogP contribution in [0.5, 0.6) is 5.75 Å². The summed E-state index contributed by atoms with van der Waals surface area (Å²) in [6, 6.07) is 29.4. The van der Waals surface area contributed by atoms with Gasteiger partial charge in [0.2, 0.25) is 0 Å². The average molecular weight is 472 g/mol. The Morgan fingerprint density at radius 1 is 0.743 bits per heavy atom. The van der Waals surface area contributed by atoms with Gasteiger partial charge in [-0.15, -0.1) is 0 Å². The van der Waals surface area contributed by atoms with E-state index < -0.39 is 0 Å². The number of hydrogen-bond acceptors (Lipinski definition) is 5. The van der Waals surface area contributed by atoms with E-state index in [0.29, 0.717) is 26.3 Å². The zero-order valence-electron chi connectivity index (χ0n) is 20.1. The molecule has 0 atom stereocenters. The van der Waals surface area contributed by atoms with Gasteiger partial charge >= 0.3 is 0 Å². The van der Waals surface area contributed by atoms with Crippen LogP contribution in [0, 0.1) is 0 Å². The Morgan fingerprint density at radius 3 is 1.89 bits per heavy atom. The van der Waals surface area contributed by atoms with Crippen LogP contribution in [-0.2, 0) is 22.6 Å². The number of para-hydroxylation sites is 1. The number of amides is 1. The number of nitrogens with zero attached hydrogens (tertiary/aromatic N) is 3. The number of morpholine rings is 1. The first-order chi connectivity index (χ1) is 17.3. The van der Waals surface area contributed by atoms with Crippen molar-refractivity contribution in [2.75, 3.05) is 46.0 Å². The summed E-state index contributed by atoms with van der Waals surface area (Å²) in [5.41, 5.74) is 3.69. The van der Waals surface area contributed by atoms with Crippen LogP contribution in [0.15, 0.2) is 84.9 Å². The molecule has 0 saturated carbocycles. The highest BCUT2D eigenvalue weighted by Crippen LogP contribution is 2.37. The van der Waals surface area contributed by atoms with Crippen LogP contribution in [0.25, 0.3) is 0 Å². The van der Waals surface area contributed by atoms with Crippen LogP contribution in [0.3, 0.4) is 0 Å². The molecule has 6 nitrogen and oxygen atoms in total. The molecule has 2 heterocycles. The van der Waals surface area contributed by atoms with Gasteiger partial charge in [0.15, 0.2) is 6.61 Å². The topological polar surface area (TPSA) is 45.2 Å². The number of hydrogen-bond donors (Lipinski definition) is 0. The monoisotopic (exact) mass is 471 g/mol. The minimum Gasteiger partial charge on any atom is -0.483 e. The molecule has 182 valence electrons. The summed E-state index contributed by atoms with van der Waals surface area (Å²) < 4.78 is 11.6. The molecule has 0 aromatic heterocycles. The summed E-state index contributed by atoms with van der Waals surface area (Å²) >= 11 is 0. The average Bonchev–Trinajstić information content (AvgIpc) is 3.30. The largest absolute Gasteiger partial charge is 0.483 e. The van der Waals surface area contributed by atoms with Crippen LogP contribution >= 0.6 is 0 Å². The van der Waals surface area contributed by atoms with Gasteiger partial charge in [-0.2, -0.15) is 0 Å². The van der Waals surface area contributed by atoms with Crippen molar-refractivity contribution in [3.8, 4) is 5.75 Å². The minimum absolute atomic E-state index is 0.0109. The van der Waals surface area contributed by atoms with Gasteiger partial charge in [0, 0.05) is 44.8 Å². The van der Waals surface area contributed by atoms with Crippen LogP contribution in [0.1, 0.15) is 22.9 Å². The lowest BCUT2D eigenvalue weighted by Crippen LogP contribution is -2.43. The normalized spacial score (nSPS) is 17.5. The molecule has 5 rings (SSSR count). The van der Waals surface area contributed by atoms with Gasteiger partial charge in [0.1, 0.15) is 5.75 Å². The van der Waals surface area contributed by atoms with Crippen molar-refractivity contribution in [2.24, 2.45) is 0 Å². The summed E-state index contributed by atoms with van der Waals surface area (Å²) in [5.74, 6) is 0.786. The van der Waals surface area contributed by atoms with E-state index >= 15 is 0 Å². The van der Waals surface area contributed by atoms with Crippen molar-refractivity contribution >= 4 is 5.91 Å². The van der Waals surface area contributed by atoms with E-state index in [1.165, 1.54) is 11.1 Å². The highest BCUT2D eigenvalue weighted by molar-refractivity contribution is 5.77. The van der Waals surface area contributed by atoms with E-state index in [2.05, 4.69) is 82.6 Å². The molecule has 2 aliphatic rings. The third kappa shape index (κ3) is 5.90. The van der Waals surface area contributed by atoms with E-state index in [1.807, 2.05) is 17.0 Å². The Balaban J connectivity index is 1.38. The van der Waals surface area contributed by atoms with Gasteiger partial charge in [0.25, 0.3) is 5.91 Å². The lowest BCUT2D eigenvalue weighted by Gasteiger charge is -2.32. The highest BCUT2D eigenvalue weighted by Gasteiger charge is 2.35. The third-order valence-corrected chi connectivity index (χ3v) is 6.74. The van der Waals surface area contributed by atoms with E-state index in [0.717, 1.165) is 37.5 Å². The molecule has 0 N–H and O–H groups in total. The fraction of sp³-hybridized carbons (Fsp3) is 0.345. The predicted molar refractivity (Wildman–Crippen MR) is 136 cm³/mol. The zero-order chi connectivity index (χ0) is 23.9. The number of carbonyl (C=O) groups is 1. The SMILES string of the molecule is O=C(COc1ccccc1C1N(Cc2ccccc2)CCN1Cc1ccccc1)N1CCOCC1. The van der Waals surface area contributed by atoms with Gasteiger partial charge in [-0.3, -0.25) is 14.6 Å². The van der Waals surface area contributed by atoms with Crippen molar-refractivity contribution in [1.82, 2.24) is 14.7 Å². The highest BCUT2D eigenvalue weighted by atomic mass is 16.5. The Bertz CT molecular complexity index is 1040. The second kappa shape index (κ2) is 11.5. The quantitative estimate of drug-likeness (QED) is 0.498. The number of ether oxygens (including phenoxy) is 2. The molecule has 3 aromatic rings. The molecular formula is C29H33N3O3. The summed E-state index contributed by atoms with van der Waals surface area (Å²) in [5, 5.41) is 0. The Labute approximate surface area is 207 Å². The number of carbonyl (C=O) groups excluding carboxylic acids is 1. The maximum Gasteiger partial charge on any atom is 0.260 e. The van der Waals surface area contributed by atoms with Crippen LogP contribution in [0.4, 0.5) is 0 Å². The van der Waals surface area contributed by atoms with E-state index in [9.17, 15) is 4.79 Å². The molecule has 3 aromatic carbocycles. The first kappa shape index (κ1) is 23.5. The maximum atomic E-state index is 12.7. The smallest absolute Gasteiger partial charge is 0.260 e. The van der Waals surface area contributed by atoms with E-state index in [4.69, 9.17) is 9.47 Å². The minimum atomic E-state index is 0.0109. The molecule has 0 radical (unpaired) electrons. The van der Waals surface area contributed by atoms with Crippen molar-refractivity contribution in [1.29, 1.82) is 0 Å². The summed E-state index contributed by atoms with van der Waals surface area (Å²) in [6.45, 7) is 6.13. The summed E-state index contributed by atoms with van der Waals surface area (Å²) in [4.78, 5) is 19.6. The Morgan fingerprint density at radius 2 is 1.29 bits per heavy atom. The standard InChI is InChI=1S/C29H33N3O3/c33-28(30-17-19-34-20-18-30)23-35-27-14-8-7-13-26(27)29-31(21-24-9-3-1-4-10-24)15-16-32(29)22-25-11-5-2-6-12-25/h1-14,29H,15-23H2. The number of rotatable bonds is 8. The second-order valence-corrected chi connectivity index (χ2v) is 9.11. The zero-order valence-corrected chi connectivity index (χ0v) is 20.1. The van der Waals surface area contributed by atoms with Gasteiger partial charge in [-0.05, 0) is 17.2 Å². The molecule has 0 aliphatic carbocycles. The van der Waals surface area contributed by atoms with Crippen LogP contribution in [-0.4, -0.2) is 66.6 Å². The van der Waals surface area contributed by atoms with Crippen molar-refractivity contribution in [3.63, 3.8) is 0 Å². The molecular weight excluding hydrogens is 438 g/mol. The molecule has 2 saturated heterocycles. The van der Waals surface area contributed by atoms with Crippen LogP contribution in [0.2, 0.25) is 0 Å². The molecule has 0 spiro atoms. The second-order valence-electron chi connectivity index (χ2n) is 9.11. The van der Waals surface area contributed by atoms with Crippen molar-refractivity contribution < 1.29 is 14.3 Å². The van der Waals surface area contributed by atoms with Gasteiger partial charge in [0.05, 0.1) is 19.4 Å². The van der Waals surface area contributed by atoms with E-state index in [-0.39, 0.29) is 18.7 Å². The van der Waals surface area contributed by atoms with E-state index in [1.54, 1.807) is 0 Å². The third-order valence-electron chi connectivity index (χ3n) is 6.74. The lowest BCUT2D eigenvalue weighted by atomic mass is 10.1. The van der Waals surface area contributed by atoms with Gasteiger partial charge < -0.3 is 14.4 Å². The first-order valence-electron chi connectivity index (χ1n) is 12.4. The molecule has 2 fully saturated rings. The molecule has 0 unspecified atom stereocenters. The molecule has 1 amide bonds. The molecule has 0 bridgehead atoms. The predicted octanol–water partition coefficient (Wildman–Crippen LogP) is 3.94. The Kier molecular flexibility index (Phi) is 7.73. The summed E-state index contributed by atoms with van der Waals surface area (Å²) in [7, 11) is 0. The first-order valence-corrected chi connectivity index (χ1v) is 12.4. The molecule has 35 heavy (non-hydrogen) atoms. The number of benzene rings is 3. The fourth-order valence-corrected chi connectivity index (χ4v) is 4.96. The molecule has 6 heteroatoms. The summed E-state index contributed by atoms with van der Waals surface area (Å²) in [6.07, 6.45) is 0.0603. The maximum absolute atomic E-state index is 12.7. The Hall–Kier alpha value is -3.19. The molecule has 2 aliphatic heterocycles. The van der Waals surface area contributed by atoms with Gasteiger partial charge in [-0.25, -0.2) is 0 Å².